The fourth-order valence-electron chi connectivity index (χ4n) is 5.16. The van der Waals surface area contributed by atoms with Crippen molar-refractivity contribution in [2.24, 2.45) is 35.5 Å². The number of phosphoric acid groups is 1. The van der Waals surface area contributed by atoms with Crippen LogP contribution >= 0.6 is 7.82 Å². The van der Waals surface area contributed by atoms with E-state index in [0.717, 1.165) is 25.7 Å². The number of carbonyl (C=O) groups excluding carboxylic acids is 1. The van der Waals surface area contributed by atoms with Crippen LogP contribution < -0.4 is 0 Å². The maximum atomic E-state index is 11.5. The Labute approximate surface area is 136 Å². The van der Waals surface area contributed by atoms with E-state index in [9.17, 15) is 9.36 Å². The van der Waals surface area contributed by atoms with Crippen molar-refractivity contribution in [3.8, 4) is 0 Å². The van der Waals surface area contributed by atoms with E-state index in [2.05, 4.69) is 6.58 Å². The lowest BCUT2D eigenvalue weighted by Gasteiger charge is -2.31. The molecule has 23 heavy (non-hydrogen) atoms. The minimum absolute atomic E-state index is 0.157. The van der Waals surface area contributed by atoms with Gasteiger partial charge in [0, 0.05) is 5.57 Å². The summed E-state index contributed by atoms with van der Waals surface area (Å²) in [7, 11) is -4.38. The lowest BCUT2D eigenvalue weighted by Crippen LogP contribution is -2.27. The fourth-order valence-corrected chi connectivity index (χ4v) is 5.55. The topological polar surface area (TPSA) is 93.1 Å². The maximum absolute atomic E-state index is 11.5. The Morgan fingerprint density at radius 2 is 1.83 bits per heavy atom. The molecule has 3 aliphatic rings. The first kappa shape index (κ1) is 17.2. The van der Waals surface area contributed by atoms with E-state index >= 15 is 0 Å². The second-order valence-electron chi connectivity index (χ2n) is 7.49. The molecule has 3 rings (SSSR count). The molecule has 3 aliphatic carbocycles. The van der Waals surface area contributed by atoms with Crippen LogP contribution in [0.4, 0.5) is 0 Å². The molecule has 0 radical (unpaired) electrons. The molecule has 0 saturated heterocycles. The summed E-state index contributed by atoms with van der Waals surface area (Å²) in [6.07, 6.45) is 4.30. The van der Waals surface area contributed by atoms with Gasteiger partial charge < -0.3 is 14.5 Å². The highest BCUT2D eigenvalue weighted by Gasteiger charge is 2.56. The molecule has 3 fully saturated rings. The molecule has 0 spiro atoms. The summed E-state index contributed by atoms with van der Waals surface area (Å²) in [5.74, 6) is 2.74. The van der Waals surface area contributed by atoms with Crippen molar-refractivity contribution < 1.29 is 28.4 Å². The summed E-state index contributed by atoms with van der Waals surface area (Å²) < 4.78 is 20.9. The molecule has 6 nitrogen and oxygen atoms in total. The summed E-state index contributed by atoms with van der Waals surface area (Å²) in [6, 6.07) is 0. The van der Waals surface area contributed by atoms with E-state index < -0.39 is 7.82 Å². The molecule has 130 valence electrons. The smallest absolute Gasteiger partial charge is 0.462 e. The van der Waals surface area contributed by atoms with E-state index in [-0.39, 0.29) is 18.5 Å². The lowest BCUT2D eigenvalue weighted by molar-refractivity contribution is -0.140. The maximum Gasteiger partial charge on any atom is 0.469 e. The van der Waals surface area contributed by atoms with Crippen molar-refractivity contribution in [1.82, 2.24) is 0 Å². The van der Waals surface area contributed by atoms with Gasteiger partial charge in [0.1, 0.15) is 0 Å². The number of hydrogen-bond acceptors (Lipinski definition) is 4. The van der Waals surface area contributed by atoms with Crippen molar-refractivity contribution in [1.29, 1.82) is 0 Å². The molecule has 0 amide bonds. The molecule has 2 bridgehead atoms. The zero-order valence-electron chi connectivity index (χ0n) is 13.4. The van der Waals surface area contributed by atoms with E-state index in [1.807, 2.05) is 0 Å². The number of ether oxygens (including phenoxy) is 1. The second kappa shape index (κ2) is 6.32. The average Bonchev–Trinajstić information content (AvgIpc) is 3.11. The van der Waals surface area contributed by atoms with Gasteiger partial charge in [-0.3, -0.25) is 4.52 Å². The number of esters is 1. The largest absolute Gasteiger partial charge is 0.469 e. The molecule has 3 saturated carbocycles. The normalized spacial score (nSPS) is 38.6. The van der Waals surface area contributed by atoms with Gasteiger partial charge in [0.2, 0.25) is 0 Å². The van der Waals surface area contributed by atoms with Crippen LogP contribution in [0.5, 0.6) is 0 Å². The third-order valence-electron chi connectivity index (χ3n) is 5.96. The second-order valence-corrected chi connectivity index (χ2v) is 8.73. The number of hydrogen-bond donors (Lipinski definition) is 2. The van der Waals surface area contributed by atoms with Gasteiger partial charge in [0.25, 0.3) is 0 Å². The van der Waals surface area contributed by atoms with Crippen LogP contribution in [0, 0.1) is 35.5 Å². The van der Waals surface area contributed by atoms with Gasteiger partial charge in [0.15, 0.2) is 0 Å². The van der Waals surface area contributed by atoms with Crippen LogP contribution in [0.15, 0.2) is 12.2 Å². The number of carbonyl (C=O) groups is 1. The van der Waals surface area contributed by atoms with Crippen molar-refractivity contribution in [3.05, 3.63) is 12.2 Å². The van der Waals surface area contributed by atoms with Gasteiger partial charge in [-0.25, -0.2) is 9.36 Å². The molecule has 0 aromatic carbocycles. The molecule has 7 heteroatoms. The van der Waals surface area contributed by atoms with Crippen LogP contribution in [0.3, 0.4) is 0 Å². The predicted octanol–water partition coefficient (Wildman–Crippen LogP) is 2.51. The van der Waals surface area contributed by atoms with Crippen LogP contribution in [0.1, 0.15) is 32.6 Å². The lowest BCUT2D eigenvalue weighted by atomic mass is 9.76. The summed E-state index contributed by atoms with van der Waals surface area (Å²) >= 11 is 0. The molecule has 0 aliphatic heterocycles. The Morgan fingerprint density at radius 1 is 1.13 bits per heavy atom. The molecule has 0 heterocycles. The first-order valence-electron chi connectivity index (χ1n) is 8.27. The monoisotopic (exact) mass is 344 g/mol. The molecular weight excluding hydrogens is 319 g/mol. The molecule has 2 N–H and O–H groups in total. The minimum Gasteiger partial charge on any atom is -0.462 e. The number of rotatable bonds is 6. The summed E-state index contributed by atoms with van der Waals surface area (Å²) in [5.41, 5.74) is 0.429. The standard InChI is InChI=1S/C16H25O6P/c1-9(2)16(17)21-7-10-3-13-11-5-12(8-22-23(18,19)20)14(6-11)15(13)4-10/h10-15H,1,3-8H2,2H3,(H2,18,19,20). The van der Waals surface area contributed by atoms with Gasteiger partial charge in [-0.2, -0.15) is 0 Å². The van der Waals surface area contributed by atoms with E-state index in [4.69, 9.17) is 19.0 Å². The quantitative estimate of drug-likeness (QED) is 0.437. The average molecular weight is 344 g/mol. The van der Waals surface area contributed by atoms with E-state index in [1.54, 1.807) is 6.92 Å². The van der Waals surface area contributed by atoms with Crippen molar-refractivity contribution in [3.63, 3.8) is 0 Å². The highest BCUT2D eigenvalue weighted by Crippen LogP contribution is 2.62. The molecule has 0 aromatic heterocycles. The third kappa shape index (κ3) is 3.71. The Hall–Kier alpha value is -0.680. The Kier molecular flexibility index (Phi) is 4.71. The molecule has 0 aromatic rings. The Bertz CT molecular complexity index is 541. The van der Waals surface area contributed by atoms with Gasteiger partial charge in [0.05, 0.1) is 13.2 Å². The Morgan fingerprint density at radius 3 is 2.48 bits per heavy atom. The number of fused-ring (bicyclic) bond motifs is 5. The first-order chi connectivity index (χ1) is 10.7. The third-order valence-corrected chi connectivity index (χ3v) is 6.44. The zero-order valence-corrected chi connectivity index (χ0v) is 14.3. The highest BCUT2D eigenvalue weighted by molar-refractivity contribution is 7.46. The van der Waals surface area contributed by atoms with Gasteiger partial charge in [-0.1, -0.05) is 6.58 Å². The van der Waals surface area contributed by atoms with Crippen LogP contribution in [0.2, 0.25) is 0 Å². The highest BCUT2D eigenvalue weighted by atomic mass is 31.2. The number of phosphoric ester groups is 1. The summed E-state index contributed by atoms with van der Waals surface area (Å²) in [6.45, 7) is 5.86. The Balaban J connectivity index is 1.52. The van der Waals surface area contributed by atoms with Gasteiger partial charge >= 0.3 is 13.8 Å². The van der Waals surface area contributed by atoms with Gasteiger partial charge in [-0.15, -0.1) is 0 Å². The first-order valence-corrected chi connectivity index (χ1v) is 9.80. The van der Waals surface area contributed by atoms with E-state index in [1.165, 1.54) is 0 Å². The van der Waals surface area contributed by atoms with Crippen LogP contribution in [-0.2, 0) is 18.6 Å². The van der Waals surface area contributed by atoms with Crippen molar-refractivity contribution >= 4 is 13.8 Å². The zero-order chi connectivity index (χ0) is 16.8. The van der Waals surface area contributed by atoms with Gasteiger partial charge in [-0.05, 0) is 68.1 Å². The molecule has 6 unspecified atom stereocenters. The van der Waals surface area contributed by atoms with Crippen molar-refractivity contribution in [2.45, 2.75) is 32.6 Å². The van der Waals surface area contributed by atoms with Crippen molar-refractivity contribution in [2.75, 3.05) is 13.2 Å². The van der Waals surface area contributed by atoms with Crippen LogP contribution in [-0.4, -0.2) is 29.0 Å². The van der Waals surface area contributed by atoms with E-state index in [0.29, 0.717) is 41.8 Å². The summed E-state index contributed by atoms with van der Waals surface area (Å²) in [5, 5.41) is 0. The molecular formula is C16H25O6P. The SMILES string of the molecule is C=C(C)C(=O)OCC1CC2C3CC(COP(=O)(O)O)C(C3)C2C1. The minimum atomic E-state index is -4.38. The molecule has 6 atom stereocenters. The fraction of sp³-hybridized carbons (Fsp3) is 0.812. The predicted molar refractivity (Wildman–Crippen MR) is 83.2 cm³/mol. The van der Waals surface area contributed by atoms with Crippen LogP contribution in [0.25, 0.3) is 0 Å². The summed E-state index contributed by atoms with van der Waals surface area (Å²) in [4.78, 5) is 29.3.